The summed E-state index contributed by atoms with van der Waals surface area (Å²) >= 11 is 0. The van der Waals surface area contributed by atoms with Gasteiger partial charge in [-0.25, -0.2) is 4.39 Å². The zero-order chi connectivity index (χ0) is 14.5. The molecule has 1 aliphatic heterocycles. The average molecular weight is 275 g/mol. The van der Waals surface area contributed by atoms with Gasteiger partial charge in [-0.15, -0.1) is 0 Å². The van der Waals surface area contributed by atoms with Crippen molar-refractivity contribution in [2.45, 2.75) is 26.8 Å². The minimum Gasteiger partial charge on any atom is -0.384 e. The topological polar surface area (TPSA) is 23.5 Å². The first-order valence-electron chi connectivity index (χ1n) is 7.18. The van der Waals surface area contributed by atoms with Crippen molar-refractivity contribution in [2.24, 2.45) is 11.8 Å². The van der Waals surface area contributed by atoms with E-state index >= 15 is 0 Å². The first-order valence-corrected chi connectivity index (χ1v) is 7.18. The molecule has 0 saturated carbocycles. The number of rotatable bonds is 2. The van der Waals surface area contributed by atoms with Crippen LogP contribution in [-0.4, -0.2) is 29.7 Å². The first kappa shape index (κ1) is 15.0. The lowest BCUT2D eigenvalue weighted by molar-refractivity contribution is 0.134. The van der Waals surface area contributed by atoms with Crippen LogP contribution in [-0.2, 0) is 6.54 Å². The van der Waals surface area contributed by atoms with Gasteiger partial charge in [-0.1, -0.05) is 25.7 Å². The van der Waals surface area contributed by atoms with Gasteiger partial charge in [0, 0.05) is 25.2 Å². The molecule has 0 spiro atoms. The van der Waals surface area contributed by atoms with E-state index in [1.165, 1.54) is 12.5 Å². The fraction of sp³-hybridized carbons (Fsp3) is 0.529. The van der Waals surface area contributed by atoms with E-state index in [4.69, 9.17) is 5.11 Å². The van der Waals surface area contributed by atoms with Crippen LogP contribution in [0.1, 0.15) is 31.4 Å². The highest BCUT2D eigenvalue weighted by atomic mass is 19.1. The second-order valence-corrected chi connectivity index (χ2v) is 5.95. The number of piperidine rings is 1. The van der Waals surface area contributed by atoms with Gasteiger partial charge in [-0.05, 0) is 42.0 Å². The number of nitrogens with zero attached hydrogens (tertiary/aromatic N) is 1. The summed E-state index contributed by atoms with van der Waals surface area (Å²) in [6.07, 6.45) is 1.27. The maximum absolute atomic E-state index is 13.6. The Morgan fingerprint density at radius 2 is 1.95 bits per heavy atom. The van der Waals surface area contributed by atoms with Crippen molar-refractivity contribution in [1.29, 1.82) is 0 Å². The maximum Gasteiger partial charge on any atom is 0.124 e. The summed E-state index contributed by atoms with van der Waals surface area (Å²) < 4.78 is 13.6. The Morgan fingerprint density at radius 3 is 2.60 bits per heavy atom. The minimum absolute atomic E-state index is 0.201. The van der Waals surface area contributed by atoms with E-state index in [1.807, 2.05) is 6.07 Å². The summed E-state index contributed by atoms with van der Waals surface area (Å²) in [5.41, 5.74) is 1.58. The molecule has 1 aromatic rings. The average Bonchev–Trinajstić information content (AvgIpc) is 2.34. The third-order valence-electron chi connectivity index (χ3n) is 3.62. The molecule has 1 saturated heterocycles. The fourth-order valence-electron chi connectivity index (χ4n) is 3.13. The molecule has 0 aliphatic carbocycles. The molecule has 2 unspecified atom stereocenters. The van der Waals surface area contributed by atoms with Crippen LogP contribution < -0.4 is 0 Å². The molecular weight excluding hydrogens is 253 g/mol. The van der Waals surface area contributed by atoms with Crippen LogP contribution in [0.5, 0.6) is 0 Å². The number of halogens is 1. The summed E-state index contributed by atoms with van der Waals surface area (Å²) in [6, 6.07) is 4.90. The van der Waals surface area contributed by atoms with Crippen molar-refractivity contribution in [2.75, 3.05) is 19.7 Å². The van der Waals surface area contributed by atoms with Crippen LogP contribution >= 0.6 is 0 Å². The van der Waals surface area contributed by atoms with Crippen molar-refractivity contribution < 1.29 is 9.50 Å². The third-order valence-corrected chi connectivity index (χ3v) is 3.62. The Labute approximate surface area is 120 Å². The molecule has 2 nitrogen and oxygen atoms in total. The smallest absolute Gasteiger partial charge is 0.124 e. The lowest BCUT2D eigenvalue weighted by atomic mass is 9.91. The predicted octanol–water partition coefficient (Wildman–Crippen LogP) is 2.65. The maximum atomic E-state index is 13.6. The Morgan fingerprint density at radius 1 is 1.25 bits per heavy atom. The van der Waals surface area contributed by atoms with Gasteiger partial charge in [-0.3, -0.25) is 4.90 Å². The largest absolute Gasteiger partial charge is 0.384 e. The zero-order valence-electron chi connectivity index (χ0n) is 12.2. The van der Waals surface area contributed by atoms with Gasteiger partial charge in [0.15, 0.2) is 0 Å². The molecule has 0 bridgehead atoms. The second kappa shape index (κ2) is 6.88. The zero-order valence-corrected chi connectivity index (χ0v) is 12.2. The fourth-order valence-corrected chi connectivity index (χ4v) is 3.13. The van der Waals surface area contributed by atoms with E-state index in [-0.39, 0.29) is 12.4 Å². The number of aliphatic hydroxyl groups is 1. The first-order chi connectivity index (χ1) is 9.56. The van der Waals surface area contributed by atoms with E-state index in [0.29, 0.717) is 17.4 Å². The molecule has 1 N–H and O–H groups in total. The Balaban J connectivity index is 2.10. The molecule has 0 aromatic heterocycles. The van der Waals surface area contributed by atoms with Gasteiger partial charge in [0.2, 0.25) is 0 Å². The molecule has 1 aliphatic rings. The quantitative estimate of drug-likeness (QED) is 0.839. The van der Waals surface area contributed by atoms with Crippen LogP contribution in [0.2, 0.25) is 0 Å². The van der Waals surface area contributed by atoms with E-state index in [2.05, 4.69) is 30.6 Å². The highest BCUT2D eigenvalue weighted by Crippen LogP contribution is 2.23. The van der Waals surface area contributed by atoms with Crippen LogP contribution in [0.4, 0.5) is 4.39 Å². The normalized spacial score (nSPS) is 23.2. The summed E-state index contributed by atoms with van der Waals surface area (Å²) in [5, 5.41) is 8.71. The van der Waals surface area contributed by atoms with Gasteiger partial charge in [0.1, 0.15) is 12.4 Å². The van der Waals surface area contributed by atoms with Gasteiger partial charge in [-0.2, -0.15) is 0 Å². The Hall–Kier alpha value is -1.37. The molecule has 2 rings (SSSR count). The highest BCUT2D eigenvalue weighted by Gasteiger charge is 2.21. The number of aliphatic hydroxyl groups excluding tert-OH is 1. The molecule has 3 heteroatoms. The van der Waals surface area contributed by atoms with Crippen LogP contribution in [0.3, 0.4) is 0 Å². The van der Waals surface area contributed by atoms with Crippen molar-refractivity contribution in [1.82, 2.24) is 4.90 Å². The lowest BCUT2D eigenvalue weighted by Crippen LogP contribution is -2.38. The SMILES string of the molecule is CC1CC(C)CN(Cc2cc(F)cc(C#CCO)c2)C1. The van der Waals surface area contributed by atoms with E-state index in [9.17, 15) is 4.39 Å². The molecule has 0 amide bonds. The summed E-state index contributed by atoms with van der Waals surface area (Å²) in [4.78, 5) is 2.39. The molecule has 2 atom stereocenters. The molecule has 1 aromatic carbocycles. The van der Waals surface area contributed by atoms with E-state index < -0.39 is 0 Å². The van der Waals surface area contributed by atoms with E-state index in [1.54, 1.807) is 6.07 Å². The van der Waals surface area contributed by atoms with Crippen LogP contribution in [0.25, 0.3) is 0 Å². The van der Waals surface area contributed by atoms with Gasteiger partial charge in [0.25, 0.3) is 0 Å². The monoisotopic (exact) mass is 275 g/mol. The predicted molar refractivity (Wildman–Crippen MR) is 78.6 cm³/mol. The van der Waals surface area contributed by atoms with Crippen LogP contribution in [0, 0.1) is 29.5 Å². The van der Waals surface area contributed by atoms with Crippen LogP contribution in [0.15, 0.2) is 18.2 Å². The summed E-state index contributed by atoms with van der Waals surface area (Å²) in [6.45, 7) is 7.24. The van der Waals surface area contributed by atoms with Gasteiger partial charge in [0.05, 0.1) is 0 Å². The number of likely N-dealkylation sites (tertiary alicyclic amines) is 1. The highest BCUT2D eigenvalue weighted by molar-refractivity contribution is 5.37. The van der Waals surface area contributed by atoms with E-state index in [0.717, 1.165) is 25.2 Å². The molecular formula is C17H22FNO. The lowest BCUT2D eigenvalue weighted by Gasteiger charge is -2.35. The minimum atomic E-state index is -0.261. The molecule has 0 radical (unpaired) electrons. The third kappa shape index (κ3) is 4.33. The molecule has 1 fully saturated rings. The van der Waals surface area contributed by atoms with Crippen molar-refractivity contribution in [3.05, 3.63) is 35.1 Å². The molecule has 20 heavy (non-hydrogen) atoms. The van der Waals surface area contributed by atoms with Gasteiger partial charge < -0.3 is 5.11 Å². The van der Waals surface area contributed by atoms with Crippen molar-refractivity contribution in [3.63, 3.8) is 0 Å². The standard InChI is InChI=1S/C17H22FNO/c1-13-6-14(2)11-19(10-13)12-16-7-15(4-3-5-20)8-17(18)9-16/h7-9,13-14,20H,5-6,10-12H2,1-2H3. The number of benzene rings is 1. The van der Waals surface area contributed by atoms with Crippen molar-refractivity contribution >= 4 is 0 Å². The van der Waals surface area contributed by atoms with Gasteiger partial charge >= 0.3 is 0 Å². The summed E-state index contributed by atoms with van der Waals surface area (Å²) in [5.74, 6) is 6.46. The number of hydrogen-bond donors (Lipinski definition) is 1. The molecule has 108 valence electrons. The Kier molecular flexibility index (Phi) is 5.17. The second-order valence-electron chi connectivity index (χ2n) is 5.95. The Bertz CT molecular complexity index is 507. The summed E-state index contributed by atoms with van der Waals surface area (Å²) in [7, 11) is 0. The number of hydrogen-bond acceptors (Lipinski definition) is 2. The van der Waals surface area contributed by atoms with Crippen molar-refractivity contribution in [3.8, 4) is 11.8 Å². The molecule has 1 heterocycles.